The Kier molecular flexibility index (Phi) is 5.78. The van der Waals surface area contributed by atoms with E-state index in [0.717, 1.165) is 4.90 Å². The van der Waals surface area contributed by atoms with Crippen molar-refractivity contribution in [3.05, 3.63) is 42.0 Å². The maximum atomic E-state index is 12.6. The van der Waals surface area contributed by atoms with Gasteiger partial charge in [-0.05, 0) is 44.9 Å². The lowest BCUT2D eigenvalue weighted by Gasteiger charge is -2.23. The maximum absolute atomic E-state index is 12.6. The van der Waals surface area contributed by atoms with Crippen LogP contribution in [-0.4, -0.2) is 40.7 Å². The van der Waals surface area contributed by atoms with E-state index in [1.54, 1.807) is 18.2 Å². The van der Waals surface area contributed by atoms with E-state index in [9.17, 15) is 19.2 Å². The number of nitrogens with zero attached hydrogens (tertiary/aromatic N) is 2. The van der Waals surface area contributed by atoms with Gasteiger partial charge in [-0.25, -0.2) is 4.79 Å². The summed E-state index contributed by atoms with van der Waals surface area (Å²) in [6, 6.07) is 7.16. The second-order valence-electron chi connectivity index (χ2n) is 7.14. The average molecular weight is 395 g/mol. The number of imide groups is 1. The third kappa shape index (κ3) is 4.04. The number of benzene rings is 1. The molecule has 3 rings (SSSR count). The monoisotopic (exact) mass is 395 g/mol. The van der Waals surface area contributed by atoms with Gasteiger partial charge in [0.15, 0.2) is 6.10 Å². The highest BCUT2D eigenvalue weighted by molar-refractivity contribution is 6.08. The minimum Gasteiger partial charge on any atom is -0.451 e. The molecule has 1 N–H and O–H groups in total. The van der Waals surface area contributed by atoms with Gasteiger partial charge in [0.25, 0.3) is 5.91 Å². The smallest absolute Gasteiger partial charge is 0.329 e. The van der Waals surface area contributed by atoms with Gasteiger partial charge in [-0.3, -0.25) is 19.3 Å². The van der Waals surface area contributed by atoms with E-state index < -0.39 is 35.9 Å². The van der Waals surface area contributed by atoms with Crippen molar-refractivity contribution in [1.29, 1.82) is 5.26 Å². The van der Waals surface area contributed by atoms with Gasteiger partial charge in [0.05, 0.1) is 23.5 Å². The number of carbonyl (C=O) groups is 4. The third-order valence-electron chi connectivity index (χ3n) is 5.19. The summed E-state index contributed by atoms with van der Waals surface area (Å²) >= 11 is 0. The molecule has 0 aromatic heterocycles. The fourth-order valence-corrected chi connectivity index (χ4v) is 3.55. The summed E-state index contributed by atoms with van der Waals surface area (Å²) in [7, 11) is 0. The Labute approximate surface area is 168 Å². The van der Waals surface area contributed by atoms with E-state index in [0.29, 0.717) is 24.1 Å². The van der Waals surface area contributed by atoms with Crippen molar-refractivity contribution in [2.75, 3.05) is 5.32 Å². The molecule has 1 aliphatic carbocycles. The molecular formula is C21H21N3O5. The fraction of sp³-hybridized carbons (Fsp3) is 0.381. The van der Waals surface area contributed by atoms with Crippen LogP contribution in [-0.2, 0) is 23.9 Å². The molecule has 1 fully saturated rings. The topological polar surface area (TPSA) is 117 Å². The van der Waals surface area contributed by atoms with Crippen molar-refractivity contribution >= 4 is 29.4 Å². The van der Waals surface area contributed by atoms with Crippen LogP contribution in [0, 0.1) is 23.2 Å². The van der Waals surface area contributed by atoms with Gasteiger partial charge >= 0.3 is 5.97 Å². The first-order valence-corrected chi connectivity index (χ1v) is 9.37. The molecule has 0 spiro atoms. The minimum atomic E-state index is -1.15. The number of carbonyl (C=O) groups excluding carboxylic acids is 4. The number of anilines is 1. The van der Waals surface area contributed by atoms with Gasteiger partial charge in [-0.1, -0.05) is 18.2 Å². The van der Waals surface area contributed by atoms with Crippen molar-refractivity contribution in [1.82, 2.24) is 4.90 Å². The SMILES string of the molecule is C[C@H](OC(=O)[C@@H](C)N1C(=O)[C@H]2CC=CC[C@H]2C1=O)C(=O)Nc1cccc(C#N)c1. The number of amides is 3. The molecule has 1 aromatic rings. The zero-order valence-electron chi connectivity index (χ0n) is 16.1. The van der Waals surface area contributed by atoms with E-state index in [-0.39, 0.29) is 11.8 Å². The van der Waals surface area contributed by atoms with Crippen molar-refractivity contribution in [2.24, 2.45) is 11.8 Å². The van der Waals surface area contributed by atoms with E-state index >= 15 is 0 Å². The predicted molar refractivity (Wildman–Crippen MR) is 102 cm³/mol. The molecule has 4 atom stereocenters. The summed E-state index contributed by atoms with van der Waals surface area (Å²) in [5.74, 6) is -3.03. The number of rotatable bonds is 5. The quantitative estimate of drug-likeness (QED) is 0.461. The number of nitriles is 1. The van der Waals surface area contributed by atoms with E-state index in [1.165, 1.54) is 19.9 Å². The number of hydrogen-bond acceptors (Lipinski definition) is 6. The van der Waals surface area contributed by atoms with Crippen molar-refractivity contribution in [3.8, 4) is 6.07 Å². The first kappa shape index (κ1) is 20.3. The lowest BCUT2D eigenvalue weighted by atomic mass is 9.85. The molecule has 0 radical (unpaired) electrons. The minimum absolute atomic E-state index is 0.376. The molecule has 1 aliphatic heterocycles. The Morgan fingerprint density at radius 1 is 1.17 bits per heavy atom. The van der Waals surface area contributed by atoms with Gasteiger partial charge < -0.3 is 10.1 Å². The third-order valence-corrected chi connectivity index (χ3v) is 5.19. The van der Waals surface area contributed by atoms with Gasteiger partial charge in [-0.15, -0.1) is 0 Å². The fourth-order valence-electron chi connectivity index (χ4n) is 3.55. The molecule has 29 heavy (non-hydrogen) atoms. The van der Waals surface area contributed by atoms with Crippen molar-refractivity contribution in [3.63, 3.8) is 0 Å². The van der Waals surface area contributed by atoms with Gasteiger partial charge in [-0.2, -0.15) is 5.26 Å². The molecule has 1 aromatic carbocycles. The largest absolute Gasteiger partial charge is 0.451 e. The van der Waals surface area contributed by atoms with Crippen LogP contribution in [0.15, 0.2) is 36.4 Å². The molecule has 0 bridgehead atoms. The zero-order valence-corrected chi connectivity index (χ0v) is 16.1. The number of esters is 1. The second-order valence-corrected chi connectivity index (χ2v) is 7.14. The summed E-state index contributed by atoms with van der Waals surface area (Å²) in [4.78, 5) is 50.9. The predicted octanol–water partition coefficient (Wildman–Crippen LogP) is 1.77. The van der Waals surface area contributed by atoms with Gasteiger partial charge in [0.1, 0.15) is 6.04 Å². The van der Waals surface area contributed by atoms with Crippen LogP contribution in [0.2, 0.25) is 0 Å². The van der Waals surface area contributed by atoms with E-state index in [2.05, 4.69) is 5.32 Å². The molecule has 0 unspecified atom stereocenters. The normalized spacial score (nSPS) is 22.4. The Morgan fingerprint density at radius 3 is 2.38 bits per heavy atom. The highest BCUT2D eigenvalue weighted by Crippen LogP contribution is 2.36. The van der Waals surface area contributed by atoms with Crippen LogP contribution >= 0.6 is 0 Å². The molecule has 8 heteroatoms. The number of allylic oxidation sites excluding steroid dienone is 2. The highest BCUT2D eigenvalue weighted by Gasteiger charge is 2.50. The van der Waals surface area contributed by atoms with Crippen molar-refractivity contribution < 1.29 is 23.9 Å². The molecule has 3 amide bonds. The number of likely N-dealkylation sites (tertiary alicyclic amines) is 1. The summed E-state index contributed by atoms with van der Waals surface area (Å²) in [6.45, 7) is 2.81. The molecule has 150 valence electrons. The van der Waals surface area contributed by atoms with Gasteiger partial charge in [0.2, 0.25) is 11.8 Å². The average Bonchev–Trinajstić information content (AvgIpc) is 2.98. The summed E-state index contributed by atoms with van der Waals surface area (Å²) < 4.78 is 5.19. The number of hydrogen-bond donors (Lipinski definition) is 1. The molecule has 0 saturated carbocycles. The van der Waals surface area contributed by atoms with E-state index in [4.69, 9.17) is 10.00 Å². The van der Waals surface area contributed by atoms with Crippen LogP contribution in [0.4, 0.5) is 5.69 Å². The first-order valence-electron chi connectivity index (χ1n) is 9.37. The Balaban J connectivity index is 1.61. The van der Waals surface area contributed by atoms with Crippen LogP contribution in [0.1, 0.15) is 32.3 Å². The van der Waals surface area contributed by atoms with Crippen LogP contribution in [0.3, 0.4) is 0 Å². The van der Waals surface area contributed by atoms with Crippen LogP contribution in [0.5, 0.6) is 0 Å². The first-order chi connectivity index (χ1) is 13.8. The van der Waals surface area contributed by atoms with Crippen LogP contribution in [0.25, 0.3) is 0 Å². The zero-order chi connectivity index (χ0) is 21.1. The molecule has 1 saturated heterocycles. The number of fused-ring (bicyclic) bond motifs is 1. The highest BCUT2D eigenvalue weighted by atomic mass is 16.5. The summed E-state index contributed by atoms with van der Waals surface area (Å²) in [6.07, 6.45) is 3.55. The standard InChI is InChI=1S/C21H21N3O5/c1-12(24-19(26)16-8-3-4-9-17(16)20(24)27)21(28)29-13(2)18(25)23-15-7-5-6-14(10-15)11-22/h3-7,10,12-13,16-17H,8-9H2,1-2H3,(H,23,25)/t12-,13+,16-,17+/m1/s1. The molecule has 1 heterocycles. The molecular weight excluding hydrogens is 374 g/mol. The maximum Gasteiger partial charge on any atom is 0.329 e. The summed E-state index contributed by atoms with van der Waals surface area (Å²) in [5, 5.41) is 11.5. The molecule has 8 nitrogen and oxygen atoms in total. The number of ether oxygens (including phenoxy) is 1. The van der Waals surface area contributed by atoms with Crippen LogP contribution < -0.4 is 5.32 Å². The Bertz CT molecular complexity index is 906. The Hall–Kier alpha value is -3.47. The molecule has 2 aliphatic rings. The number of nitrogens with one attached hydrogen (secondary N) is 1. The van der Waals surface area contributed by atoms with Gasteiger partial charge in [0, 0.05) is 5.69 Å². The van der Waals surface area contributed by atoms with Crippen molar-refractivity contribution in [2.45, 2.75) is 38.8 Å². The second kappa shape index (κ2) is 8.27. The Morgan fingerprint density at radius 2 is 1.79 bits per heavy atom. The lowest BCUT2D eigenvalue weighted by molar-refractivity contribution is -0.163. The lowest BCUT2D eigenvalue weighted by Crippen LogP contribution is -2.46. The summed E-state index contributed by atoms with van der Waals surface area (Å²) in [5.41, 5.74) is 0.773. The van der Waals surface area contributed by atoms with E-state index in [1.807, 2.05) is 18.2 Å².